The van der Waals surface area contributed by atoms with Crippen LogP contribution in [0.3, 0.4) is 0 Å². The molecule has 0 unspecified atom stereocenters. The van der Waals surface area contributed by atoms with Gasteiger partial charge in [0, 0.05) is 46.8 Å². The normalized spacial score (nSPS) is 14.5. The number of rotatable bonds is 11. The summed E-state index contributed by atoms with van der Waals surface area (Å²) in [5, 5.41) is 30.4. The first kappa shape index (κ1) is 51.3. The Hall–Kier alpha value is -4.85. The van der Waals surface area contributed by atoms with E-state index in [0.29, 0.717) is 41.0 Å². The van der Waals surface area contributed by atoms with E-state index in [2.05, 4.69) is 39.5 Å². The zero-order chi connectivity index (χ0) is 43.3. The van der Waals surface area contributed by atoms with Gasteiger partial charge in [-0.2, -0.15) is 10.5 Å². The molecule has 17 heteroatoms. The molecule has 1 aliphatic carbocycles. The number of amides is 3. The van der Waals surface area contributed by atoms with Crippen LogP contribution in [-0.4, -0.2) is 85.9 Å². The number of thioether (sulfide) groups is 2. The van der Waals surface area contributed by atoms with Crippen LogP contribution < -0.4 is 20.9 Å². The van der Waals surface area contributed by atoms with E-state index in [1.54, 1.807) is 54.4 Å². The van der Waals surface area contributed by atoms with E-state index < -0.39 is 24.2 Å². The number of pyridine rings is 2. The van der Waals surface area contributed by atoms with E-state index in [-0.39, 0.29) is 25.0 Å². The van der Waals surface area contributed by atoms with Gasteiger partial charge in [-0.1, -0.05) is 56.2 Å². The van der Waals surface area contributed by atoms with Crippen molar-refractivity contribution in [1.82, 2.24) is 14.9 Å². The summed E-state index contributed by atoms with van der Waals surface area (Å²) in [6.45, 7) is 3.46. The Morgan fingerprint density at radius 2 is 1.28 bits per heavy atom. The van der Waals surface area contributed by atoms with E-state index in [9.17, 15) is 19.2 Å². The van der Waals surface area contributed by atoms with Crippen molar-refractivity contribution in [3.05, 3.63) is 59.9 Å². The van der Waals surface area contributed by atoms with Crippen molar-refractivity contribution >= 4 is 91.4 Å². The number of halogens is 1. The van der Waals surface area contributed by atoms with Crippen molar-refractivity contribution in [2.75, 3.05) is 31.7 Å². The van der Waals surface area contributed by atoms with Gasteiger partial charge in [0.2, 0.25) is 5.91 Å². The minimum atomic E-state index is -1.07. The Balaban J connectivity index is 0.000000337. The molecule has 2 fully saturated rings. The minimum absolute atomic E-state index is 0. The van der Waals surface area contributed by atoms with Gasteiger partial charge in [0.25, 0.3) is 11.8 Å². The highest BCUT2D eigenvalue weighted by Crippen LogP contribution is 2.38. The number of nitrogens with zero attached hydrogens (tertiary/aromatic N) is 5. The summed E-state index contributed by atoms with van der Waals surface area (Å²) in [5.74, 6) is -1.28. The zero-order valence-corrected chi connectivity index (χ0v) is 37.2. The van der Waals surface area contributed by atoms with Crippen molar-refractivity contribution in [2.24, 2.45) is 11.5 Å². The number of nitriles is 2. The molecule has 1 saturated heterocycles. The number of fused-ring (bicyclic) bond motifs is 2. The first-order chi connectivity index (χ1) is 28.4. The lowest BCUT2D eigenvalue weighted by Gasteiger charge is -2.32. The molecule has 3 amide bonds. The molecule has 1 atom stereocenters. The number of ether oxygens (including phenoxy) is 2. The van der Waals surface area contributed by atoms with Crippen molar-refractivity contribution in [3.8, 4) is 23.6 Å². The van der Waals surface area contributed by atoms with E-state index >= 15 is 0 Å². The Morgan fingerprint density at radius 3 is 1.68 bits per heavy atom. The fourth-order valence-electron chi connectivity index (χ4n) is 6.27. The second kappa shape index (κ2) is 27.1. The molecule has 3 heterocycles. The number of carbonyl (C=O) groups is 4. The Labute approximate surface area is 374 Å². The molecular weight excluding hydrogens is 918 g/mol. The van der Waals surface area contributed by atoms with E-state index in [1.165, 1.54) is 56.1 Å². The number of methoxy groups -OCH3 is 2. The topological polar surface area (TPSA) is 236 Å². The molecule has 5 N–H and O–H groups in total. The number of nitrogens with two attached hydrogens (primary N) is 2. The van der Waals surface area contributed by atoms with Crippen LogP contribution in [0.2, 0.25) is 0 Å². The summed E-state index contributed by atoms with van der Waals surface area (Å²) in [7, 11) is 3.05. The second-order valence-corrected chi connectivity index (χ2v) is 17.0. The first-order valence-corrected chi connectivity index (χ1v) is 22.3. The highest BCUT2D eigenvalue weighted by molar-refractivity contribution is 14.1. The standard InChI is InChI=1S/C19H20N4O3S.C17H20N2O2S.C3H7I.C3H3NO2.CH4/c1-26-16-10-14-12(9-15(16)18(21)25)5-7-22-19(14)27-13-3-2-8-23(11-13)17(24)4-6-20;1-21-15-10-13-11(9-14(15)16(18)20)7-8-19-17(13)22-12-5-3-2-4-6-12;1-2-3-4;4-2-1-3(5)6;/h5,7,9-10,13H,2-4,8,11H2,1H3,(H2,21,25);7-10,12H,2-6H2,1H3,(H2,18,20);2-3H2,1H3;1H2,(H,5,6);1H4/t13-;;;;/m1..../s1. The monoisotopic (exact) mass is 971 g/mol. The van der Waals surface area contributed by atoms with Gasteiger partial charge < -0.3 is 30.9 Å². The summed E-state index contributed by atoms with van der Waals surface area (Å²) in [6, 6.07) is 14.3. The number of hydrogen-bond donors (Lipinski definition) is 3. The molecule has 60 heavy (non-hydrogen) atoms. The third-order valence-electron chi connectivity index (χ3n) is 9.12. The summed E-state index contributed by atoms with van der Waals surface area (Å²) < 4.78 is 11.9. The molecule has 4 aromatic rings. The van der Waals surface area contributed by atoms with Crippen LogP contribution in [0.5, 0.6) is 11.5 Å². The highest BCUT2D eigenvalue weighted by atomic mass is 127. The SMILES string of the molecule is C.CCCI.COc1cc2c(SC3CCCCC3)nccc2cc1C(N)=O.COc1cc2c(S[C@@H]3CCCN(C(=O)CC#N)C3)nccc2cc1C(N)=O.N#CCC(=O)O. The van der Waals surface area contributed by atoms with Crippen LogP contribution in [0.25, 0.3) is 21.5 Å². The van der Waals surface area contributed by atoms with Crippen molar-refractivity contribution < 1.29 is 33.8 Å². The lowest BCUT2D eigenvalue weighted by atomic mass is 10.0. The van der Waals surface area contributed by atoms with Gasteiger partial charge in [-0.15, -0.1) is 23.5 Å². The predicted molar refractivity (Wildman–Crippen MR) is 246 cm³/mol. The summed E-state index contributed by atoms with van der Waals surface area (Å²) >= 11 is 5.80. The first-order valence-electron chi connectivity index (χ1n) is 19.1. The van der Waals surface area contributed by atoms with Crippen LogP contribution in [0.4, 0.5) is 0 Å². The van der Waals surface area contributed by atoms with Crippen LogP contribution in [0.1, 0.15) is 99.3 Å². The van der Waals surface area contributed by atoms with Crippen molar-refractivity contribution in [1.29, 1.82) is 10.5 Å². The third kappa shape index (κ3) is 15.6. The highest BCUT2D eigenvalue weighted by Gasteiger charge is 2.25. The molecule has 2 aromatic carbocycles. The number of hydrogen-bond acceptors (Lipinski definition) is 12. The lowest BCUT2D eigenvalue weighted by Crippen LogP contribution is -2.40. The number of benzene rings is 2. The fraction of sp³-hybridized carbons (Fsp3) is 0.442. The molecule has 0 spiro atoms. The molecule has 322 valence electrons. The average molecular weight is 972 g/mol. The summed E-state index contributed by atoms with van der Waals surface area (Å²) in [5.41, 5.74) is 11.6. The number of aliphatic carboxylic acids is 1. The van der Waals surface area contributed by atoms with Gasteiger partial charge in [0.1, 0.15) is 34.4 Å². The molecular formula is C43H54IN7O7S2. The molecule has 0 bridgehead atoms. The van der Waals surface area contributed by atoms with Gasteiger partial charge in [-0.25, -0.2) is 9.97 Å². The third-order valence-corrected chi connectivity index (χ3v) is 12.8. The zero-order valence-electron chi connectivity index (χ0n) is 33.4. The molecule has 0 radical (unpaired) electrons. The number of carbonyl (C=O) groups excluding carboxylic acids is 3. The largest absolute Gasteiger partial charge is 0.496 e. The van der Waals surface area contributed by atoms with Gasteiger partial charge >= 0.3 is 5.97 Å². The maximum absolute atomic E-state index is 12.0. The smallest absolute Gasteiger partial charge is 0.317 e. The number of likely N-dealkylation sites (tertiary alicyclic amines) is 1. The second-order valence-electron chi connectivity index (χ2n) is 13.4. The predicted octanol–water partition coefficient (Wildman–Crippen LogP) is 8.56. The fourth-order valence-corrected chi connectivity index (χ4v) is 8.86. The maximum atomic E-state index is 12.0. The van der Waals surface area contributed by atoms with E-state index in [0.717, 1.165) is 44.4 Å². The average Bonchev–Trinajstić information content (AvgIpc) is 3.24. The summed E-state index contributed by atoms with van der Waals surface area (Å²) in [4.78, 5) is 55.4. The maximum Gasteiger partial charge on any atom is 0.317 e. The number of primary amides is 2. The van der Waals surface area contributed by atoms with Crippen molar-refractivity contribution in [3.63, 3.8) is 0 Å². The Bertz CT molecular complexity index is 2150. The van der Waals surface area contributed by atoms with Crippen LogP contribution >= 0.6 is 46.1 Å². The van der Waals surface area contributed by atoms with Crippen LogP contribution in [0, 0.1) is 22.7 Å². The molecule has 1 saturated carbocycles. The van der Waals surface area contributed by atoms with Crippen LogP contribution in [0.15, 0.2) is 58.8 Å². The molecule has 6 rings (SSSR count). The number of carboxylic acids is 1. The molecule has 14 nitrogen and oxygen atoms in total. The molecule has 2 aliphatic rings. The Morgan fingerprint density at radius 1 is 0.817 bits per heavy atom. The number of alkyl halides is 1. The Kier molecular flexibility index (Phi) is 23.2. The van der Waals surface area contributed by atoms with Crippen LogP contribution in [-0.2, 0) is 9.59 Å². The van der Waals surface area contributed by atoms with Gasteiger partial charge in [0.15, 0.2) is 0 Å². The van der Waals surface area contributed by atoms with Gasteiger partial charge in [-0.05, 0) is 83.7 Å². The number of piperidine rings is 1. The van der Waals surface area contributed by atoms with Crippen molar-refractivity contribution in [2.45, 2.75) is 99.1 Å². The van der Waals surface area contributed by atoms with Gasteiger partial charge in [0.05, 0.1) is 37.5 Å². The number of aromatic nitrogens is 2. The minimum Gasteiger partial charge on any atom is -0.496 e. The quantitative estimate of drug-likeness (QED) is 0.0945. The number of carboxylic acid groups (broad SMARTS) is 1. The van der Waals surface area contributed by atoms with E-state index in [1.807, 2.05) is 36.0 Å². The molecule has 1 aliphatic heterocycles. The lowest BCUT2D eigenvalue weighted by molar-refractivity contribution is -0.136. The van der Waals surface area contributed by atoms with E-state index in [4.69, 9.17) is 36.6 Å². The van der Waals surface area contributed by atoms with Gasteiger partial charge in [-0.3, -0.25) is 19.2 Å². The molecule has 2 aromatic heterocycles. The summed E-state index contributed by atoms with van der Waals surface area (Å²) in [6.07, 6.45) is 12.6.